The maximum Gasteiger partial charge on any atom is 0.340 e. The number of nitrogens with one attached hydrogen (secondary N) is 1. The molecular weight excluding hydrogens is 476 g/mol. The number of aryl methyl sites for hydroxylation is 1. The molecule has 1 aliphatic heterocycles. The first-order valence-electron chi connectivity index (χ1n) is 13.4. The SMILES string of the molecule is CCOC(=O)c1c(C)nc2c(c(NCCN3CCCCC3)cc(=O)n2-c2ccccc2)c1-c1ccccc1. The minimum atomic E-state index is -0.421. The van der Waals surface area contributed by atoms with Crippen molar-refractivity contribution in [2.75, 3.05) is 38.1 Å². The summed E-state index contributed by atoms with van der Waals surface area (Å²) in [6.45, 7) is 7.62. The number of pyridine rings is 2. The van der Waals surface area contributed by atoms with Gasteiger partial charge in [0.1, 0.15) is 5.65 Å². The Hall–Kier alpha value is -3.97. The molecule has 196 valence electrons. The number of carbonyl (C=O) groups is 1. The van der Waals surface area contributed by atoms with Gasteiger partial charge in [-0.3, -0.25) is 9.36 Å². The van der Waals surface area contributed by atoms with E-state index in [1.807, 2.05) is 60.7 Å². The Morgan fingerprint density at radius 2 is 1.68 bits per heavy atom. The van der Waals surface area contributed by atoms with Gasteiger partial charge in [0, 0.05) is 24.7 Å². The number of fused-ring (bicyclic) bond motifs is 1. The van der Waals surface area contributed by atoms with Crippen molar-refractivity contribution in [2.45, 2.75) is 33.1 Å². The molecule has 0 radical (unpaired) electrons. The Kier molecular flexibility index (Phi) is 7.84. The molecule has 2 aromatic heterocycles. The van der Waals surface area contributed by atoms with E-state index in [1.165, 1.54) is 19.3 Å². The van der Waals surface area contributed by atoms with E-state index in [2.05, 4.69) is 10.2 Å². The molecule has 0 aliphatic carbocycles. The Balaban J connectivity index is 1.76. The molecule has 1 N–H and O–H groups in total. The zero-order valence-electron chi connectivity index (χ0n) is 22.1. The fourth-order valence-electron chi connectivity index (χ4n) is 5.31. The van der Waals surface area contributed by atoms with E-state index in [0.29, 0.717) is 29.1 Å². The van der Waals surface area contributed by atoms with Gasteiger partial charge < -0.3 is 15.0 Å². The van der Waals surface area contributed by atoms with Crippen molar-refractivity contribution < 1.29 is 9.53 Å². The molecule has 0 amide bonds. The molecule has 0 atom stereocenters. The lowest BCUT2D eigenvalue weighted by Gasteiger charge is -2.27. The van der Waals surface area contributed by atoms with Crippen LogP contribution in [0, 0.1) is 6.92 Å². The molecule has 1 fully saturated rings. The molecule has 5 rings (SSSR count). The van der Waals surface area contributed by atoms with Crippen LogP contribution in [-0.4, -0.2) is 53.2 Å². The largest absolute Gasteiger partial charge is 0.462 e. The second-order valence-electron chi connectivity index (χ2n) is 9.63. The summed E-state index contributed by atoms with van der Waals surface area (Å²) in [5.41, 5.74) is 4.24. The maximum absolute atomic E-state index is 13.6. The Morgan fingerprint density at radius 3 is 2.37 bits per heavy atom. The predicted octanol–water partition coefficient (Wildman–Crippen LogP) is 5.44. The van der Waals surface area contributed by atoms with Crippen molar-refractivity contribution in [3.8, 4) is 16.8 Å². The normalized spacial score (nSPS) is 13.9. The van der Waals surface area contributed by atoms with Crippen LogP contribution in [-0.2, 0) is 4.74 Å². The Bertz CT molecular complexity index is 1480. The van der Waals surface area contributed by atoms with Crippen LogP contribution in [0.15, 0.2) is 71.5 Å². The first-order chi connectivity index (χ1) is 18.6. The number of anilines is 1. The van der Waals surface area contributed by atoms with Crippen LogP contribution < -0.4 is 10.9 Å². The summed E-state index contributed by atoms with van der Waals surface area (Å²) < 4.78 is 7.11. The number of para-hydroxylation sites is 1. The van der Waals surface area contributed by atoms with Gasteiger partial charge in [0.05, 0.1) is 34.6 Å². The fourth-order valence-corrected chi connectivity index (χ4v) is 5.31. The zero-order chi connectivity index (χ0) is 26.5. The smallest absolute Gasteiger partial charge is 0.340 e. The van der Waals surface area contributed by atoms with Crippen LogP contribution in [0.4, 0.5) is 5.69 Å². The maximum atomic E-state index is 13.6. The number of carbonyl (C=O) groups excluding carboxylic acids is 1. The molecule has 7 heteroatoms. The fraction of sp³-hybridized carbons (Fsp3) is 0.323. The van der Waals surface area contributed by atoms with Gasteiger partial charge in [-0.25, -0.2) is 9.78 Å². The van der Waals surface area contributed by atoms with Gasteiger partial charge in [0.2, 0.25) is 0 Å². The molecule has 3 heterocycles. The van der Waals surface area contributed by atoms with Crippen molar-refractivity contribution >= 4 is 22.7 Å². The van der Waals surface area contributed by atoms with E-state index in [1.54, 1.807) is 24.5 Å². The lowest BCUT2D eigenvalue weighted by molar-refractivity contribution is 0.0526. The molecule has 7 nitrogen and oxygen atoms in total. The van der Waals surface area contributed by atoms with Crippen molar-refractivity contribution in [3.05, 3.63) is 88.3 Å². The average molecular weight is 511 g/mol. The number of benzene rings is 2. The van der Waals surface area contributed by atoms with Crippen LogP contribution in [0.25, 0.3) is 27.8 Å². The summed E-state index contributed by atoms with van der Waals surface area (Å²) in [6, 6.07) is 20.9. The van der Waals surface area contributed by atoms with Crippen LogP contribution in [0.3, 0.4) is 0 Å². The number of rotatable bonds is 8. The van der Waals surface area contributed by atoms with Crippen LogP contribution in [0.2, 0.25) is 0 Å². The number of aromatic nitrogens is 2. The van der Waals surface area contributed by atoms with Crippen LogP contribution in [0.1, 0.15) is 42.2 Å². The number of esters is 1. The molecule has 0 bridgehead atoms. The first-order valence-corrected chi connectivity index (χ1v) is 13.4. The second-order valence-corrected chi connectivity index (χ2v) is 9.63. The van der Waals surface area contributed by atoms with E-state index in [4.69, 9.17) is 9.72 Å². The number of hydrogen-bond acceptors (Lipinski definition) is 6. The molecule has 1 saturated heterocycles. The highest BCUT2D eigenvalue weighted by Crippen LogP contribution is 2.37. The van der Waals surface area contributed by atoms with Gasteiger partial charge in [0.25, 0.3) is 5.56 Å². The van der Waals surface area contributed by atoms with Crippen molar-refractivity contribution in [3.63, 3.8) is 0 Å². The molecule has 4 aromatic rings. The summed E-state index contributed by atoms with van der Waals surface area (Å²) in [6.07, 6.45) is 3.73. The third kappa shape index (κ3) is 5.20. The van der Waals surface area contributed by atoms with E-state index in [0.717, 1.165) is 41.8 Å². The van der Waals surface area contributed by atoms with Crippen molar-refractivity contribution in [1.29, 1.82) is 0 Å². The van der Waals surface area contributed by atoms with Gasteiger partial charge >= 0.3 is 5.97 Å². The highest BCUT2D eigenvalue weighted by atomic mass is 16.5. The summed E-state index contributed by atoms with van der Waals surface area (Å²) in [5.74, 6) is -0.421. The molecule has 2 aromatic carbocycles. The number of piperidine rings is 1. The third-order valence-corrected chi connectivity index (χ3v) is 7.08. The topological polar surface area (TPSA) is 76.5 Å². The molecule has 0 spiro atoms. The highest BCUT2D eigenvalue weighted by Gasteiger charge is 2.26. The van der Waals surface area contributed by atoms with Crippen LogP contribution >= 0.6 is 0 Å². The minimum Gasteiger partial charge on any atom is -0.462 e. The van der Waals surface area contributed by atoms with Gasteiger partial charge in [-0.1, -0.05) is 55.0 Å². The standard InChI is InChI=1S/C31H34N4O3/c1-3-38-31(37)27-22(2)33-30-29(28(27)23-13-7-4-8-14-23)25(32-17-20-34-18-11-6-12-19-34)21-26(36)35(30)24-15-9-5-10-16-24/h4-5,7-10,13-16,21,32H,3,6,11-12,17-20H2,1-2H3. The van der Waals surface area contributed by atoms with Crippen molar-refractivity contribution in [2.24, 2.45) is 0 Å². The van der Waals surface area contributed by atoms with E-state index in [-0.39, 0.29) is 12.2 Å². The summed E-state index contributed by atoms with van der Waals surface area (Å²) in [7, 11) is 0. The molecule has 0 saturated carbocycles. The summed E-state index contributed by atoms with van der Waals surface area (Å²) >= 11 is 0. The van der Waals surface area contributed by atoms with Gasteiger partial charge in [-0.15, -0.1) is 0 Å². The quantitative estimate of drug-likeness (QED) is 0.318. The molecule has 0 unspecified atom stereocenters. The van der Waals surface area contributed by atoms with E-state index < -0.39 is 5.97 Å². The second kappa shape index (κ2) is 11.6. The number of likely N-dealkylation sites (tertiary alicyclic amines) is 1. The Labute approximate surface area is 223 Å². The van der Waals surface area contributed by atoms with Gasteiger partial charge in [-0.05, 0) is 57.5 Å². The van der Waals surface area contributed by atoms with Crippen molar-refractivity contribution in [1.82, 2.24) is 14.5 Å². The average Bonchev–Trinajstić information content (AvgIpc) is 2.94. The van der Waals surface area contributed by atoms with Gasteiger partial charge in [0.15, 0.2) is 0 Å². The lowest BCUT2D eigenvalue weighted by Crippen LogP contribution is -2.34. The zero-order valence-corrected chi connectivity index (χ0v) is 22.1. The van der Waals surface area contributed by atoms with Gasteiger partial charge in [-0.2, -0.15) is 0 Å². The summed E-state index contributed by atoms with van der Waals surface area (Å²) in [5, 5.41) is 4.26. The monoisotopic (exact) mass is 510 g/mol. The minimum absolute atomic E-state index is 0.182. The van der Waals surface area contributed by atoms with E-state index in [9.17, 15) is 9.59 Å². The summed E-state index contributed by atoms with van der Waals surface area (Å²) in [4.78, 5) is 34.2. The number of hydrogen-bond donors (Lipinski definition) is 1. The predicted molar refractivity (Wildman–Crippen MR) is 152 cm³/mol. The number of nitrogens with zero attached hydrogens (tertiary/aromatic N) is 3. The molecular formula is C31H34N4O3. The molecule has 1 aliphatic rings. The third-order valence-electron chi connectivity index (χ3n) is 7.08. The van der Waals surface area contributed by atoms with E-state index >= 15 is 0 Å². The van der Waals surface area contributed by atoms with Crippen LogP contribution in [0.5, 0.6) is 0 Å². The highest BCUT2D eigenvalue weighted by molar-refractivity contribution is 6.11. The Morgan fingerprint density at radius 1 is 1.00 bits per heavy atom. The molecule has 38 heavy (non-hydrogen) atoms. The number of ether oxygens (including phenoxy) is 1. The first kappa shape index (κ1) is 25.7. The lowest BCUT2D eigenvalue weighted by atomic mass is 9.94.